The first kappa shape index (κ1) is 21.8. The summed E-state index contributed by atoms with van der Waals surface area (Å²) in [6.07, 6.45) is -4.70. The minimum atomic E-state index is -4.70. The standard InChI is InChI=1S/C22H12ClF4N5O2/c23-18-17(33-15-7-5-14(24)6-8-15)10-9-16-19(18)29-31-32(16)11-12-1-3-13(4-2-12)20-28-21(34-30-20)22(25,26)27/h1-10H,11H2. The van der Waals surface area contributed by atoms with E-state index in [0.29, 0.717) is 34.6 Å². The molecule has 34 heavy (non-hydrogen) atoms. The molecule has 0 atom stereocenters. The number of alkyl halides is 3. The third kappa shape index (κ3) is 4.29. The lowest BCUT2D eigenvalue weighted by Crippen LogP contribution is -2.04. The highest BCUT2D eigenvalue weighted by Gasteiger charge is 2.38. The van der Waals surface area contributed by atoms with Gasteiger partial charge in [0, 0.05) is 5.56 Å². The van der Waals surface area contributed by atoms with E-state index in [1.54, 1.807) is 41.1 Å². The molecule has 0 aliphatic carbocycles. The molecule has 172 valence electrons. The number of nitrogens with zero attached hydrogens (tertiary/aromatic N) is 5. The molecule has 5 rings (SSSR count). The molecular formula is C22H12ClF4N5O2. The van der Waals surface area contributed by atoms with Crippen molar-refractivity contribution in [2.45, 2.75) is 12.7 Å². The molecule has 0 aliphatic rings. The summed E-state index contributed by atoms with van der Waals surface area (Å²) in [7, 11) is 0. The number of benzene rings is 3. The van der Waals surface area contributed by atoms with E-state index in [2.05, 4.69) is 25.0 Å². The Morgan fingerprint density at radius 2 is 1.71 bits per heavy atom. The summed E-state index contributed by atoms with van der Waals surface area (Å²) in [5, 5.41) is 11.9. The summed E-state index contributed by atoms with van der Waals surface area (Å²) in [6, 6.07) is 15.5. The van der Waals surface area contributed by atoms with Crippen LogP contribution in [0.3, 0.4) is 0 Å². The molecule has 0 aliphatic heterocycles. The maximum atomic E-state index is 13.1. The number of hydrogen-bond donors (Lipinski definition) is 0. The van der Waals surface area contributed by atoms with Crippen molar-refractivity contribution in [2.24, 2.45) is 0 Å². The van der Waals surface area contributed by atoms with Crippen molar-refractivity contribution in [1.29, 1.82) is 0 Å². The Morgan fingerprint density at radius 3 is 2.38 bits per heavy atom. The fourth-order valence-corrected chi connectivity index (χ4v) is 3.44. The topological polar surface area (TPSA) is 78.9 Å². The van der Waals surface area contributed by atoms with Crippen molar-refractivity contribution >= 4 is 22.6 Å². The first-order valence-corrected chi connectivity index (χ1v) is 10.1. The summed E-state index contributed by atoms with van der Waals surface area (Å²) in [5.41, 5.74) is 2.24. The molecule has 0 N–H and O–H groups in total. The van der Waals surface area contributed by atoms with E-state index in [1.165, 1.54) is 24.3 Å². The zero-order valence-corrected chi connectivity index (χ0v) is 17.7. The summed E-state index contributed by atoms with van der Waals surface area (Å²) in [4.78, 5) is 3.37. The van der Waals surface area contributed by atoms with Gasteiger partial charge in [-0.2, -0.15) is 18.2 Å². The Kier molecular flexibility index (Phi) is 5.40. The fraction of sp³-hybridized carbons (Fsp3) is 0.0909. The zero-order chi connectivity index (χ0) is 23.9. The lowest BCUT2D eigenvalue weighted by atomic mass is 10.1. The molecule has 5 aromatic rings. The van der Waals surface area contributed by atoms with Gasteiger partial charge in [-0.25, -0.2) is 9.07 Å². The maximum absolute atomic E-state index is 13.1. The van der Waals surface area contributed by atoms with Crippen LogP contribution in [-0.2, 0) is 12.7 Å². The quantitative estimate of drug-likeness (QED) is 0.276. The minimum absolute atomic E-state index is 0.162. The summed E-state index contributed by atoms with van der Waals surface area (Å²) < 4.78 is 62.7. The summed E-state index contributed by atoms with van der Waals surface area (Å²) in [5.74, 6) is -1.19. The van der Waals surface area contributed by atoms with E-state index in [9.17, 15) is 17.6 Å². The first-order chi connectivity index (χ1) is 16.3. The molecule has 0 fully saturated rings. The van der Waals surface area contributed by atoms with Crippen LogP contribution >= 0.6 is 11.6 Å². The smallest absolute Gasteiger partial charge is 0.456 e. The average molecular weight is 490 g/mol. The number of rotatable bonds is 5. The second-order valence-electron chi connectivity index (χ2n) is 7.17. The van der Waals surface area contributed by atoms with Crippen LogP contribution in [0.5, 0.6) is 11.5 Å². The Bertz CT molecular complexity index is 1460. The second-order valence-corrected chi connectivity index (χ2v) is 7.54. The number of fused-ring (bicyclic) bond motifs is 1. The van der Waals surface area contributed by atoms with E-state index in [-0.39, 0.29) is 16.7 Å². The van der Waals surface area contributed by atoms with E-state index < -0.39 is 12.1 Å². The predicted octanol–water partition coefficient (Wildman–Crippen LogP) is 6.13. The van der Waals surface area contributed by atoms with Gasteiger partial charge >= 0.3 is 12.1 Å². The Balaban J connectivity index is 1.35. The van der Waals surface area contributed by atoms with Gasteiger partial charge in [-0.05, 0) is 42.0 Å². The van der Waals surface area contributed by atoms with Crippen molar-refractivity contribution in [3.63, 3.8) is 0 Å². The van der Waals surface area contributed by atoms with Crippen LogP contribution in [0.2, 0.25) is 5.02 Å². The van der Waals surface area contributed by atoms with Gasteiger partial charge in [0.1, 0.15) is 27.9 Å². The van der Waals surface area contributed by atoms with Crippen molar-refractivity contribution in [2.75, 3.05) is 0 Å². The van der Waals surface area contributed by atoms with Crippen molar-refractivity contribution in [3.8, 4) is 22.9 Å². The fourth-order valence-electron chi connectivity index (χ4n) is 3.20. The molecule has 3 aromatic carbocycles. The van der Waals surface area contributed by atoms with Crippen LogP contribution in [0, 0.1) is 5.82 Å². The molecule has 2 aromatic heterocycles. The largest absolute Gasteiger partial charge is 0.471 e. The molecular weight excluding hydrogens is 478 g/mol. The van der Waals surface area contributed by atoms with Gasteiger partial charge in [-0.3, -0.25) is 0 Å². The number of aromatic nitrogens is 5. The molecule has 0 unspecified atom stereocenters. The summed E-state index contributed by atoms with van der Waals surface area (Å²) in [6.45, 7) is 0.325. The SMILES string of the molecule is Fc1ccc(Oc2ccc3c(nnn3Cc3ccc(-c4noc(C(F)(F)F)n4)cc3)c2Cl)cc1. The van der Waals surface area contributed by atoms with Gasteiger partial charge in [0.15, 0.2) is 0 Å². The molecule has 12 heteroatoms. The molecule has 0 spiro atoms. The lowest BCUT2D eigenvalue weighted by molar-refractivity contribution is -0.159. The third-order valence-electron chi connectivity index (χ3n) is 4.84. The second kappa shape index (κ2) is 8.41. The third-order valence-corrected chi connectivity index (χ3v) is 5.21. The van der Waals surface area contributed by atoms with Crippen molar-refractivity contribution in [1.82, 2.24) is 25.1 Å². The van der Waals surface area contributed by atoms with Crippen LogP contribution in [-0.4, -0.2) is 25.1 Å². The molecule has 0 saturated heterocycles. The van der Waals surface area contributed by atoms with Gasteiger partial charge in [-0.15, -0.1) is 5.10 Å². The number of hydrogen-bond acceptors (Lipinski definition) is 6. The monoisotopic (exact) mass is 489 g/mol. The zero-order valence-electron chi connectivity index (χ0n) is 16.9. The lowest BCUT2D eigenvalue weighted by Gasteiger charge is -2.08. The first-order valence-electron chi connectivity index (χ1n) is 9.73. The molecule has 7 nitrogen and oxygen atoms in total. The van der Waals surface area contributed by atoms with Crippen LogP contribution in [0.4, 0.5) is 17.6 Å². The van der Waals surface area contributed by atoms with Gasteiger partial charge in [0.05, 0.1) is 12.1 Å². The van der Waals surface area contributed by atoms with Crippen LogP contribution in [0.25, 0.3) is 22.4 Å². The van der Waals surface area contributed by atoms with Gasteiger partial charge in [0.2, 0.25) is 5.82 Å². The highest BCUT2D eigenvalue weighted by atomic mass is 35.5. The molecule has 2 heterocycles. The minimum Gasteiger partial charge on any atom is -0.456 e. The van der Waals surface area contributed by atoms with E-state index >= 15 is 0 Å². The molecule has 0 bridgehead atoms. The van der Waals surface area contributed by atoms with Crippen LogP contribution < -0.4 is 4.74 Å². The Morgan fingerprint density at radius 1 is 0.971 bits per heavy atom. The van der Waals surface area contributed by atoms with Gasteiger partial charge in [0.25, 0.3) is 0 Å². The number of halogens is 5. The number of ether oxygens (including phenoxy) is 1. The average Bonchev–Trinajstić information content (AvgIpc) is 3.46. The predicted molar refractivity (Wildman–Crippen MR) is 113 cm³/mol. The highest BCUT2D eigenvalue weighted by molar-refractivity contribution is 6.36. The normalized spacial score (nSPS) is 11.8. The van der Waals surface area contributed by atoms with Gasteiger partial charge < -0.3 is 9.26 Å². The van der Waals surface area contributed by atoms with E-state index in [1.807, 2.05) is 0 Å². The molecule has 0 radical (unpaired) electrons. The van der Waals surface area contributed by atoms with E-state index in [4.69, 9.17) is 16.3 Å². The molecule has 0 saturated carbocycles. The summed E-state index contributed by atoms with van der Waals surface area (Å²) >= 11 is 6.44. The Hall–Kier alpha value is -3.99. The molecule has 0 amide bonds. The van der Waals surface area contributed by atoms with Crippen LogP contribution in [0.1, 0.15) is 11.5 Å². The van der Waals surface area contributed by atoms with Gasteiger partial charge in [-0.1, -0.05) is 46.2 Å². The Labute approximate surface area is 193 Å². The highest BCUT2D eigenvalue weighted by Crippen LogP contribution is 2.35. The van der Waals surface area contributed by atoms with Crippen molar-refractivity contribution in [3.05, 3.63) is 83.0 Å². The van der Waals surface area contributed by atoms with E-state index in [0.717, 1.165) is 5.56 Å². The van der Waals surface area contributed by atoms with Crippen LogP contribution in [0.15, 0.2) is 65.2 Å². The van der Waals surface area contributed by atoms with Crippen molar-refractivity contribution < 1.29 is 26.8 Å². The maximum Gasteiger partial charge on any atom is 0.471 e.